The van der Waals surface area contributed by atoms with E-state index in [0.717, 1.165) is 10.5 Å². The van der Waals surface area contributed by atoms with Crippen LogP contribution in [0.2, 0.25) is 0 Å². The number of rotatable bonds is 2. The van der Waals surface area contributed by atoms with Gasteiger partial charge in [-0.2, -0.15) is 0 Å². The summed E-state index contributed by atoms with van der Waals surface area (Å²) in [4.78, 5) is 0. The molecule has 60 valence electrons. The molecule has 0 aliphatic rings. The first-order chi connectivity index (χ1) is 4.45. The first kappa shape index (κ1) is 9.92. The summed E-state index contributed by atoms with van der Waals surface area (Å²) in [5, 5.41) is 0. The van der Waals surface area contributed by atoms with Gasteiger partial charge in [0.05, 0.1) is 6.10 Å². The highest BCUT2D eigenvalue weighted by Crippen LogP contribution is 2.14. The van der Waals surface area contributed by atoms with Crippen LogP contribution in [0.1, 0.15) is 27.7 Å². The third-order valence-corrected chi connectivity index (χ3v) is 1.98. The summed E-state index contributed by atoms with van der Waals surface area (Å²) in [7, 11) is 0.823. The quantitative estimate of drug-likeness (QED) is 0.434. The molecular formula is C8H18OSi. The second kappa shape index (κ2) is 3.94. The van der Waals surface area contributed by atoms with Gasteiger partial charge in [0.2, 0.25) is 0 Å². The van der Waals surface area contributed by atoms with E-state index in [1.54, 1.807) is 0 Å². The van der Waals surface area contributed by atoms with Gasteiger partial charge in [0, 0.05) is 0 Å². The van der Waals surface area contributed by atoms with E-state index in [0.29, 0.717) is 6.10 Å². The van der Waals surface area contributed by atoms with Crippen molar-refractivity contribution in [2.24, 2.45) is 5.41 Å². The van der Waals surface area contributed by atoms with Crippen molar-refractivity contribution in [3.63, 3.8) is 0 Å². The molecule has 0 heterocycles. The first-order valence-corrected chi connectivity index (χ1v) is 4.49. The molecule has 2 heteroatoms. The average molecular weight is 158 g/mol. The molecule has 1 atom stereocenters. The van der Waals surface area contributed by atoms with Gasteiger partial charge in [0.25, 0.3) is 0 Å². The summed E-state index contributed by atoms with van der Waals surface area (Å²) in [6.45, 7) is 8.62. The molecule has 0 saturated carbocycles. The maximum atomic E-state index is 5.20. The molecule has 0 aromatic heterocycles. The zero-order valence-corrected chi connectivity index (χ0v) is 9.64. The molecule has 0 aromatic rings. The maximum absolute atomic E-state index is 5.20. The van der Waals surface area contributed by atoms with E-state index in [4.69, 9.17) is 4.43 Å². The Bertz CT molecular complexity index is 113. The SMILES string of the molecule is CC(C=CC(C)(C)C)O[SiH3]. The van der Waals surface area contributed by atoms with Crippen LogP contribution in [0.25, 0.3) is 0 Å². The molecule has 0 saturated heterocycles. The monoisotopic (exact) mass is 158 g/mol. The summed E-state index contributed by atoms with van der Waals surface area (Å²) in [5.74, 6) is 0. The Hall–Kier alpha value is -0.0831. The molecule has 0 rings (SSSR count). The van der Waals surface area contributed by atoms with E-state index >= 15 is 0 Å². The molecule has 0 fully saturated rings. The van der Waals surface area contributed by atoms with Crippen LogP contribution in [0, 0.1) is 5.41 Å². The van der Waals surface area contributed by atoms with Gasteiger partial charge >= 0.3 is 0 Å². The van der Waals surface area contributed by atoms with Crippen molar-refractivity contribution < 1.29 is 4.43 Å². The van der Waals surface area contributed by atoms with Crippen molar-refractivity contribution in [3.05, 3.63) is 12.2 Å². The highest BCUT2D eigenvalue weighted by molar-refractivity contribution is 5.98. The lowest BCUT2D eigenvalue weighted by Gasteiger charge is -2.12. The van der Waals surface area contributed by atoms with E-state index in [1.807, 2.05) is 0 Å². The van der Waals surface area contributed by atoms with Gasteiger partial charge in [-0.05, 0) is 12.3 Å². The van der Waals surface area contributed by atoms with Gasteiger partial charge < -0.3 is 4.43 Å². The van der Waals surface area contributed by atoms with Crippen molar-refractivity contribution in [1.29, 1.82) is 0 Å². The minimum atomic E-state index is 0.286. The Kier molecular flexibility index (Phi) is 3.90. The fraction of sp³-hybridized carbons (Fsp3) is 0.750. The highest BCUT2D eigenvalue weighted by Gasteiger charge is 2.03. The molecule has 0 aromatic carbocycles. The fourth-order valence-corrected chi connectivity index (χ4v) is 0.660. The van der Waals surface area contributed by atoms with Crippen LogP contribution in [0.4, 0.5) is 0 Å². The van der Waals surface area contributed by atoms with E-state index in [1.165, 1.54) is 0 Å². The van der Waals surface area contributed by atoms with Gasteiger partial charge in [0.15, 0.2) is 0 Å². The molecule has 10 heavy (non-hydrogen) atoms. The van der Waals surface area contributed by atoms with Gasteiger partial charge in [0.1, 0.15) is 10.5 Å². The third kappa shape index (κ3) is 6.04. The number of allylic oxidation sites excluding steroid dienone is 1. The average Bonchev–Trinajstić information content (AvgIpc) is 1.81. The maximum Gasteiger partial charge on any atom is 0.146 e. The van der Waals surface area contributed by atoms with Crippen molar-refractivity contribution in [1.82, 2.24) is 0 Å². The van der Waals surface area contributed by atoms with Crippen molar-refractivity contribution >= 4 is 10.5 Å². The van der Waals surface area contributed by atoms with Crippen LogP contribution < -0.4 is 0 Å². The lowest BCUT2D eigenvalue weighted by molar-refractivity contribution is 0.295. The molecule has 0 amide bonds. The van der Waals surface area contributed by atoms with Crippen LogP contribution in [0.15, 0.2) is 12.2 Å². The molecular weight excluding hydrogens is 140 g/mol. The second-order valence-electron chi connectivity index (χ2n) is 3.67. The minimum absolute atomic E-state index is 0.286. The molecule has 0 radical (unpaired) electrons. The minimum Gasteiger partial charge on any atom is -0.422 e. The largest absolute Gasteiger partial charge is 0.422 e. The zero-order valence-electron chi connectivity index (χ0n) is 7.64. The smallest absolute Gasteiger partial charge is 0.146 e. The highest BCUT2D eigenvalue weighted by atomic mass is 28.2. The van der Waals surface area contributed by atoms with Crippen molar-refractivity contribution in [3.8, 4) is 0 Å². The van der Waals surface area contributed by atoms with E-state index in [9.17, 15) is 0 Å². The number of hydrogen-bond acceptors (Lipinski definition) is 1. The molecule has 0 bridgehead atoms. The summed E-state index contributed by atoms with van der Waals surface area (Å²) < 4.78 is 5.20. The molecule has 0 aliphatic heterocycles. The molecule has 0 aliphatic carbocycles. The predicted octanol–water partition coefficient (Wildman–Crippen LogP) is 1.27. The van der Waals surface area contributed by atoms with E-state index in [-0.39, 0.29) is 5.41 Å². The molecule has 0 spiro atoms. The topological polar surface area (TPSA) is 9.23 Å². The first-order valence-electron chi connectivity index (χ1n) is 3.68. The Morgan fingerprint density at radius 1 is 1.40 bits per heavy atom. The fourth-order valence-electron chi connectivity index (χ4n) is 0.503. The lowest BCUT2D eigenvalue weighted by Crippen LogP contribution is -2.05. The molecule has 1 nitrogen and oxygen atoms in total. The molecule has 1 unspecified atom stereocenters. The summed E-state index contributed by atoms with van der Waals surface area (Å²) in [5.41, 5.74) is 0.286. The van der Waals surface area contributed by atoms with E-state index in [2.05, 4.69) is 39.8 Å². The van der Waals surface area contributed by atoms with Crippen LogP contribution in [0.5, 0.6) is 0 Å². The van der Waals surface area contributed by atoms with Crippen LogP contribution >= 0.6 is 0 Å². The number of hydrogen-bond donors (Lipinski definition) is 0. The van der Waals surface area contributed by atoms with Crippen LogP contribution in [-0.2, 0) is 4.43 Å². The third-order valence-electron chi connectivity index (χ3n) is 1.24. The van der Waals surface area contributed by atoms with Gasteiger partial charge in [-0.3, -0.25) is 0 Å². The van der Waals surface area contributed by atoms with E-state index < -0.39 is 0 Å². The predicted molar refractivity (Wildman–Crippen MR) is 49.1 cm³/mol. The van der Waals surface area contributed by atoms with Gasteiger partial charge in [-0.25, -0.2) is 0 Å². The van der Waals surface area contributed by atoms with Crippen molar-refractivity contribution in [2.75, 3.05) is 0 Å². The lowest BCUT2D eigenvalue weighted by atomic mass is 9.96. The van der Waals surface area contributed by atoms with Crippen LogP contribution in [-0.4, -0.2) is 16.6 Å². The Balaban J connectivity index is 3.75. The normalized spacial score (nSPS) is 16.4. The second-order valence-corrected chi connectivity index (χ2v) is 4.14. The summed E-state index contributed by atoms with van der Waals surface area (Å²) in [6, 6.07) is 0. The Morgan fingerprint density at radius 3 is 2.20 bits per heavy atom. The Labute approximate surface area is 67.0 Å². The molecule has 0 N–H and O–H groups in total. The zero-order chi connectivity index (χ0) is 8.20. The summed E-state index contributed by atoms with van der Waals surface area (Å²) >= 11 is 0. The van der Waals surface area contributed by atoms with Gasteiger partial charge in [-0.15, -0.1) is 0 Å². The van der Waals surface area contributed by atoms with Crippen molar-refractivity contribution in [2.45, 2.75) is 33.8 Å². The Morgan fingerprint density at radius 2 is 1.90 bits per heavy atom. The standard InChI is InChI=1S/C8H18OSi/c1-7(9-10)5-6-8(2,3)4/h5-7H,1-4,10H3. The van der Waals surface area contributed by atoms with Gasteiger partial charge in [-0.1, -0.05) is 32.9 Å². The van der Waals surface area contributed by atoms with Crippen LogP contribution in [0.3, 0.4) is 0 Å². The summed E-state index contributed by atoms with van der Waals surface area (Å²) in [6.07, 6.45) is 4.61.